The van der Waals surface area contributed by atoms with E-state index in [9.17, 15) is 5.11 Å². The van der Waals surface area contributed by atoms with Gasteiger partial charge in [-0.2, -0.15) is 5.10 Å². The van der Waals surface area contributed by atoms with Crippen LogP contribution >= 0.6 is 23.8 Å². The Morgan fingerprint density at radius 2 is 1.88 bits per heavy atom. The van der Waals surface area contributed by atoms with Crippen LogP contribution in [0.25, 0.3) is 0 Å². The van der Waals surface area contributed by atoms with Gasteiger partial charge in [0.1, 0.15) is 12.1 Å². The van der Waals surface area contributed by atoms with E-state index in [1.165, 1.54) is 0 Å². The van der Waals surface area contributed by atoms with Gasteiger partial charge in [0, 0.05) is 5.02 Å². The van der Waals surface area contributed by atoms with Crippen LogP contribution in [0.5, 0.6) is 5.75 Å². The maximum atomic E-state index is 11.2. The summed E-state index contributed by atoms with van der Waals surface area (Å²) in [6.45, 7) is 7.19. The fraction of sp³-hybridized carbons (Fsp3) is 0.579. The molecule has 0 spiro atoms. The number of aromatic nitrogens is 3. The predicted octanol–water partition coefficient (Wildman–Crippen LogP) is 5.01. The number of aliphatic hydroxyl groups is 1. The number of benzene rings is 1. The highest BCUT2D eigenvalue weighted by Crippen LogP contribution is 2.36. The van der Waals surface area contributed by atoms with E-state index in [1.54, 1.807) is 11.0 Å². The quantitative estimate of drug-likeness (QED) is 0.461. The third kappa shape index (κ3) is 5.83. The first-order valence-electron chi connectivity index (χ1n) is 8.92. The summed E-state index contributed by atoms with van der Waals surface area (Å²) in [4.78, 5) is 2.88. The Hall–Kier alpha value is -1.37. The number of ether oxygens (including phenoxy) is 1. The van der Waals surface area contributed by atoms with Crippen molar-refractivity contribution in [1.82, 2.24) is 14.8 Å². The highest BCUT2D eigenvalue weighted by Gasteiger charge is 2.40. The maximum absolute atomic E-state index is 11.2. The van der Waals surface area contributed by atoms with Gasteiger partial charge >= 0.3 is 0 Å². The Kier molecular flexibility index (Phi) is 7.26. The Labute approximate surface area is 165 Å². The molecule has 1 aromatic heterocycles. The van der Waals surface area contributed by atoms with E-state index in [2.05, 4.69) is 10.1 Å². The molecule has 26 heavy (non-hydrogen) atoms. The first-order chi connectivity index (χ1) is 12.2. The van der Waals surface area contributed by atoms with Gasteiger partial charge in [0.2, 0.25) is 0 Å². The van der Waals surface area contributed by atoms with Crippen LogP contribution in [0.4, 0.5) is 0 Å². The molecule has 0 aliphatic heterocycles. The molecule has 7 heteroatoms. The third-order valence-electron chi connectivity index (χ3n) is 4.74. The molecular formula is C19H28ClN3O2S. The number of nitrogens with one attached hydrogen (secondary N) is 1. The topological polar surface area (TPSA) is 63.1 Å². The maximum Gasteiger partial charge on any atom is 0.195 e. The highest BCUT2D eigenvalue weighted by molar-refractivity contribution is 7.71. The van der Waals surface area contributed by atoms with Gasteiger partial charge in [-0.3, -0.25) is 0 Å². The molecule has 5 nitrogen and oxygen atoms in total. The number of hydrogen-bond acceptors (Lipinski definition) is 4. The summed E-state index contributed by atoms with van der Waals surface area (Å²) >= 11 is 11.1. The first-order valence-corrected chi connectivity index (χ1v) is 9.71. The first kappa shape index (κ1) is 20.9. The Morgan fingerprint density at radius 3 is 2.46 bits per heavy atom. The minimum Gasteiger partial charge on any atom is -0.494 e. The summed E-state index contributed by atoms with van der Waals surface area (Å²) in [5, 5.41) is 16.1. The predicted molar refractivity (Wildman–Crippen MR) is 107 cm³/mol. The van der Waals surface area contributed by atoms with Gasteiger partial charge < -0.3 is 14.8 Å². The molecule has 1 aromatic carbocycles. The Balaban J connectivity index is 1.79. The van der Waals surface area contributed by atoms with Crippen molar-refractivity contribution in [3.8, 4) is 5.75 Å². The molecule has 0 aliphatic rings. The second kappa shape index (κ2) is 9.02. The van der Waals surface area contributed by atoms with E-state index >= 15 is 0 Å². The van der Waals surface area contributed by atoms with Crippen molar-refractivity contribution >= 4 is 23.8 Å². The minimum atomic E-state index is -0.878. The molecule has 1 atom stereocenters. The van der Waals surface area contributed by atoms with E-state index in [0.29, 0.717) is 29.4 Å². The van der Waals surface area contributed by atoms with E-state index in [0.717, 1.165) is 25.0 Å². The number of halogens is 1. The van der Waals surface area contributed by atoms with E-state index in [4.69, 9.17) is 28.6 Å². The number of aromatic amines is 1. The van der Waals surface area contributed by atoms with Crippen LogP contribution in [0.3, 0.4) is 0 Å². The van der Waals surface area contributed by atoms with Crippen molar-refractivity contribution in [2.24, 2.45) is 5.41 Å². The summed E-state index contributed by atoms with van der Waals surface area (Å²) < 4.78 is 7.90. The lowest BCUT2D eigenvalue weighted by Crippen LogP contribution is -2.46. The molecule has 1 heterocycles. The highest BCUT2D eigenvalue weighted by atomic mass is 35.5. The smallest absolute Gasteiger partial charge is 0.195 e. The van der Waals surface area contributed by atoms with Crippen molar-refractivity contribution < 1.29 is 9.84 Å². The molecule has 0 aliphatic carbocycles. The van der Waals surface area contributed by atoms with Gasteiger partial charge in [-0.15, -0.1) is 0 Å². The van der Waals surface area contributed by atoms with Crippen LogP contribution < -0.4 is 4.74 Å². The zero-order valence-electron chi connectivity index (χ0n) is 15.7. The summed E-state index contributed by atoms with van der Waals surface area (Å²) in [5.74, 6) is 0.827. The van der Waals surface area contributed by atoms with Crippen molar-refractivity contribution in [2.75, 3.05) is 6.61 Å². The lowest BCUT2D eigenvalue weighted by atomic mass is 9.73. The molecule has 2 rings (SSSR count). The summed E-state index contributed by atoms with van der Waals surface area (Å²) in [5.41, 5.74) is -1.15. The van der Waals surface area contributed by atoms with Crippen LogP contribution in [0, 0.1) is 10.2 Å². The summed E-state index contributed by atoms with van der Waals surface area (Å²) in [7, 11) is 0. The zero-order chi connectivity index (χ0) is 19.2. The number of nitrogens with zero attached hydrogens (tertiary/aromatic N) is 2. The molecule has 144 valence electrons. The minimum absolute atomic E-state index is 0.277. The monoisotopic (exact) mass is 397 g/mol. The van der Waals surface area contributed by atoms with Gasteiger partial charge in [-0.25, -0.2) is 4.68 Å². The van der Waals surface area contributed by atoms with Crippen molar-refractivity contribution in [3.63, 3.8) is 0 Å². The average Bonchev–Trinajstić information content (AvgIpc) is 2.96. The van der Waals surface area contributed by atoms with Crippen molar-refractivity contribution in [2.45, 2.75) is 58.6 Å². The lowest BCUT2D eigenvalue weighted by Gasteiger charge is -2.40. The SMILES string of the molecule is CC(C)(C)C(O)(CCCCCOc1ccc(Cl)cc1)Cn1nc[nH]c1=S. The van der Waals surface area contributed by atoms with Gasteiger partial charge in [-0.1, -0.05) is 38.8 Å². The molecule has 2 aromatic rings. The fourth-order valence-corrected chi connectivity index (χ4v) is 3.04. The second-order valence-electron chi connectivity index (χ2n) is 7.65. The van der Waals surface area contributed by atoms with Crippen LogP contribution in [-0.2, 0) is 6.54 Å². The summed E-state index contributed by atoms with van der Waals surface area (Å²) in [6.07, 6.45) is 5.07. The molecule has 0 saturated carbocycles. The zero-order valence-corrected chi connectivity index (χ0v) is 17.2. The largest absolute Gasteiger partial charge is 0.494 e. The molecule has 0 amide bonds. The molecule has 0 saturated heterocycles. The fourth-order valence-electron chi connectivity index (χ4n) is 2.75. The van der Waals surface area contributed by atoms with E-state index < -0.39 is 5.60 Å². The number of rotatable bonds is 9. The van der Waals surface area contributed by atoms with Crippen molar-refractivity contribution in [3.05, 3.63) is 40.4 Å². The molecular weight excluding hydrogens is 370 g/mol. The van der Waals surface area contributed by atoms with E-state index in [1.807, 2.05) is 45.0 Å². The van der Waals surface area contributed by atoms with Crippen molar-refractivity contribution in [1.29, 1.82) is 0 Å². The van der Waals surface area contributed by atoms with Gasteiger partial charge in [0.15, 0.2) is 4.77 Å². The standard InChI is InChI=1S/C19H28ClN3O2S/c1-18(2,3)19(24,13-23-17(26)21-14-22-23)11-5-4-6-12-25-16-9-7-15(20)8-10-16/h7-10,14,24H,4-6,11-13H2,1-3H3,(H,21,22,26). The molecule has 1 unspecified atom stereocenters. The second-order valence-corrected chi connectivity index (χ2v) is 8.47. The van der Waals surface area contributed by atoms with Crippen LogP contribution in [0.1, 0.15) is 46.5 Å². The normalized spacial score (nSPS) is 14.2. The molecule has 0 fully saturated rings. The van der Waals surface area contributed by atoms with Gasteiger partial charge in [0.25, 0.3) is 0 Å². The number of unbranched alkanes of at least 4 members (excludes halogenated alkanes) is 2. The summed E-state index contributed by atoms with van der Waals surface area (Å²) in [6, 6.07) is 7.38. The molecule has 2 N–H and O–H groups in total. The number of H-pyrrole nitrogens is 1. The van der Waals surface area contributed by atoms with Gasteiger partial charge in [0.05, 0.1) is 18.8 Å². The molecule has 0 radical (unpaired) electrons. The Bertz CT molecular complexity index is 736. The van der Waals surface area contributed by atoms with Gasteiger partial charge in [-0.05, 0) is 61.2 Å². The number of hydrogen-bond donors (Lipinski definition) is 2. The van der Waals surface area contributed by atoms with Crippen LogP contribution in [-0.4, -0.2) is 32.1 Å². The van der Waals surface area contributed by atoms with E-state index in [-0.39, 0.29) is 5.41 Å². The average molecular weight is 398 g/mol. The third-order valence-corrected chi connectivity index (χ3v) is 5.32. The van der Waals surface area contributed by atoms with Crippen LogP contribution in [0.15, 0.2) is 30.6 Å². The van der Waals surface area contributed by atoms with Crippen LogP contribution in [0.2, 0.25) is 5.02 Å². The Morgan fingerprint density at radius 1 is 1.19 bits per heavy atom. The molecule has 0 bridgehead atoms. The lowest BCUT2D eigenvalue weighted by molar-refractivity contribution is -0.0817.